The second kappa shape index (κ2) is 5.80. The van der Waals surface area contributed by atoms with Crippen molar-refractivity contribution in [1.29, 1.82) is 0 Å². The molecule has 4 N–H and O–H groups in total. The predicted octanol–water partition coefficient (Wildman–Crippen LogP) is 0.0413. The fourth-order valence-electron chi connectivity index (χ4n) is 1.45. The van der Waals surface area contributed by atoms with Crippen LogP contribution in [0.25, 0.3) is 0 Å². The molecule has 0 bridgehead atoms. The lowest BCUT2D eigenvalue weighted by Crippen LogP contribution is -2.43. The maximum absolute atomic E-state index is 11.9. The van der Waals surface area contributed by atoms with Gasteiger partial charge in [0.1, 0.15) is 11.6 Å². The first-order valence-corrected chi connectivity index (χ1v) is 5.43. The van der Waals surface area contributed by atoms with Crippen molar-refractivity contribution < 1.29 is 14.5 Å². The number of rotatable bonds is 4. The number of carbonyl (C=O) groups excluding carboxylic acids is 2. The highest BCUT2D eigenvalue weighted by Gasteiger charge is 2.23. The van der Waals surface area contributed by atoms with E-state index in [0.717, 1.165) is 6.07 Å². The Kier molecular flexibility index (Phi) is 4.41. The van der Waals surface area contributed by atoms with Crippen LogP contribution < -0.4 is 16.4 Å². The van der Waals surface area contributed by atoms with Gasteiger partial charge >= 0.3 is 0 Å². The third-order valence-corrected chi connectivity index (χ3v) is 2.45. The summed E-state index contributed by atoms with van der Waals surface area (Å²) in [7, 11) is 1.42. The van der Waals surface area contributed by atoms with Gasteiger partial charge in [0.15, 0.2) is 0 Å². The van der Waals surface area contributed by atoms with Crippen LogP contribution in [-0.4, -0.2) is 29.8 Å². The van der Waals surface area contributed by atoms with Crippen LogP contribution in [0.2, 0.25) is 0 Å². The number of carbonyl (C=O) groups is 2. The zero-order chi connectivity index (χ0) is 14.6. The lowest BCUT2D eigenvalue weighted by Gasteiger charge is -2.12. The van der Waals surface area contributed by atoms with Gasteiger partial charge in [-0.25, -0.2) is 0 Å². The largest absolute Gasteiger partial charge is 0.399 e. The highest BCUT2D eigenvalue weighted by atomic mass is 16.6. The van der Waals surface area contributed by atoms with Crippen LogP contribution >= 0.6 is 0 Å². The number of nitrogen functional groups attached to an aromatic ring is 1. The number of benzene rings is 1. The maximum Gasteiger partial charge on any atom is 0.282 e. The second-order valence-corrected chi connectivity index (χ2v) is 3.84. The van der Waals surface area contributed by atoms with Gasteiger partial charge in [-0.1, -0.05) is 0 Å². The van der Waals surface area contributed by atoms with E-state index in [4.69, 9.17) is 5.73 Å². The molecular weight excluding hydrogens is 252 g/mol. The van der Waals surface area contributed by atoms with E-state index < -0.39 is 22.8 Å². The number of nitro benzene ring substituents is 1. The standard InChI is InChI=1S/C11H14N4O4/c1-6(10(16)13-2)14-11(17)8-5-7(12)3-4-9(8)15(18)19/h3-6H,12H2,1-2H3,(H,13,16)(H,14,17). The quantitative estimate of drug-likeness (QED) is 0.403. The molecule has 0 aromatic heterocycles. The fourth-order valence-corrected chi connectivity index (χ4v) is 1.45. The topological polar surface area (TPSA) is 127 Å². The molecular formula is C11H14N4O4. The van der Waals surface area contributed by atoms with E-state index in [0.29, 0.717) is 0 Å². The van der Waals surface area contributed by atoms with Crippen molar-refractivity contribution in [3.63, 3.8) is 0 Å². The van der Waals surface area contributed by atoms with Crippen LogP contribution in [0.3, 0.4) is 0 Å². The van der Waals surface area contributed by atoms with Gasteiger partial charge in [0.2, 0.25) is 5.91 Å². The van der Waals surface area contributed by atoms with Crippen LogP contribution in [-0.2, 0) is 4.79 Å². The van der Waals surface area contributed by atoms with Crippen molar-refractivity contribution in [1.82, 2.24) is 10.6 Å². The molecule has 19 heavy (non-hydrogen) atoms. The van der Waals surface area contributed by atoms with Gasteiger partial charge in [-0.2, -0.15) is 0 Å². The minimum atomic E-state index is -0.807. The summed E-state index contributed by atoms with van der Waals surface area (Å²) in [4.78, 5) is 33.3. The maximum atomic E-state index is 11.9. The number of nitrogens with two attached hydrogens (primary N) is 1. The summed E-state index contributed by atoms with van der Waals surface area (Å²) in [6.45, 7) is 1.47. The minimum absolute atomic E-state index is 0.180. The summed E-state index contributed by atoms with van der Waals surface area (Å²) in [5, 5.41) is 15.5. The Morgan fingerprint density at radius 2 is 2.05 bits per heavy atom. The van der Waals surface area contributed by atoms with Crippen LogP contribution in [0.1, 0.15) is 17.3 Å². The number of nitrogens with zero attached hydrogens (tertiary/aromatic N) is 1. The van der Waals surface area contributed by atoms with Crippen molar-refractivity contribution in [2.75, 3.05) is 12.8 Å². The molecule has 8 nitrogen and oxygen atoms in total. The van der Waals surface area contributed by atoms with Crippen molar-refractivity contribution in [2.45, 2.75) is 13.0 Å². The number of nitro groups is 1. The Hall–Kier alpha value is -2.64. The van der Waals surface area contributed by atoms with Gasteiger partial charge in [0.25, 0.3) is 11.6 Å². The van der Waals surface area contributed by atoms with E-state index in [9.17, 15) is 19.7 Å². The van der Waals surface area contributed by atoms with Crippen molar-refractivity contribution in [3.05, 3.63) is 33.9 Å². The third-order valence-electron chi connectivity index (χ3n) is 2.45. The number of anilines is 1. The summed E-state index contributed by atoms with van der Waals surface area (Å²) in [5.74, 6) is -1.13. The SMILES string of the molecule is CNC(=O)C(C)NC(=O)c1cc(N)ccc1[N+](=O)[O-]. The molecule has 0 fully saturated rings. The van der Waals surface area contributed by atoms with Crippen LogP contribution in [0.5, 0.6) is 0 Å². The van der Waals surface area contributed by atoms with Gasteiger partial charge in [-0.05, 0) is 19.1 Å². The average Bonchev–Trinajstić information content (AvgIpc) is 2.36. The zero-order valence-corrected chi connectivity index (χ0v) is 10.5. The fraction of sp³-hybridized carbons (Fsp3) is 0.273. The van der Waals surface area contributed by atoms with E-state index in [2.05, 4.69) is 10.6 Å². The van der Waals surface area contributed by atoms with Gasteiger partial charge in [0, 0.05) is 18.8 Å². The van der Waals surface area contributed by atoms with Crippen molar-refractivity contribution in [2.24, 2.45) is 0 Å². The highest BCUT2D eigenvalue weighted by Crippen LogP contribution is 2.21. The Balaban J connectivity index is 3.02. The third kappa shape index (κ3) is 3.41. The molecule has 1 unspecified atom stereocenters. The number of hydrogen-bond acceptors (Lipinski definition) is 5. The van der Waals surface area contributed by atoms with Crippen LogP contribution in [0.15, 0.2) is 18.2 Å². The Morgan fingerprint density at radius 1 is 1.42 bits per heavy atom. The molecule has 0 saturated heterocycles. The monoisotopic (exact) mass is 266 g/mol. The van der Waals surface area contributed by atoms with E-state index in [1.54, 1.807) is 0 Å². The van der Waals surface area contributed by atoms with E-state index >= 15 is 0 Å². The molecule has 8 heteroatoms. The van der Waals surface area contributed by atoms with Crippen LogP contribution in [0, 0.1) is 10.1 Å². The summed E-state index contributed by atoms with van der Waals surface area (Å²) in [5.41, 5.74) is 5.18. The summed E-state index contributed by atoms with van der Waals surface area (Å²) >= 11 is 0. The van der Waals surface area contributed by atoms with E-state index in [1.807, 2.05) is 0 Å². The highest BCUT2D eigenvalue weighted by molar-refractivity contribution is 6.01. The Labute approximate surface area is 109 Å². The number of nitrogens with one attached hydrogen (secondary N) is 2. The molecule has 1 rings (SSSR count). The first-order chi connectivity index (χ1) is 8.86. The first kappa shape index (κ1) is 14.4. The Morgan fingerprint density at radius 3 is 2.58 bits per heavy atom. The van der Waals surface area contributed by atoms with Gasteiger partial charge in [0.05, 0.1) is 4.92 Å². The molecule has 1 aromatic rings. The Bertz CT molecular complexity index is 529. The van der Waals surface area contributed by atoms with Gasteiger partial charge < -0.3 is 16.4 Å². The normalized spacial score (nSPS) is 11.5. The second-order valence-electron chi connectivity index (χ2n) is 3.84. The first-order valence-electron chi connectivity index (χ1n) is 5.43. The van der Waals surface area contributed by atoms with Crippen molar-refractivity contribution in [3.8, 4) is 0 Å². The molecule has 1 aromatic carbocycles. The zero-order valence-electron chi connectivity index (χ0n) is 10.5. The summed E-state index contributed by atoms with van der Waals surface area (Å²) < 4.78 is 0. The summed E-state index contributed by atoms with van der Waals surface area (Å²) in [6.07, 6.45) is 0. The number of amides is 2. The molecule has 0 aliphatic heterocycles. The lowest BCUT2D eigenvalue weighted by atomic mass is 10.1. The number of hydrogen-bond donors (Lipinski definition) is 3. The molecule has 102 valence electrons. The number of likely N-dealkylation sites (N-methyl/N-ethyl adjacent to an activating group) is 1. The molecule has 0 saturated carbocycles. The molecule has 2 amide bonds. The molecule has 0 spiro atoms. The molecule has 0 radical (unpaired) electrons. The molecule has 0 aliphatic rings. The van der Waals surface area contributed by atoms with Gasteiger partial charge in [-0.3, -0.25) is 19.7 Å². The smallest absolute Gasteiger partial charge is 0.282 e. The van der Waals surface area contributed by atoms with E-state index in [-0.39, 0.29) is 16.9 Å². The summed E-state index contributed by atoms with van der Waals surface area (Å²) in [6, 6.07) is 2.87. The minimum Gasteiger partial charge on any atom is -0.399 e. The predicted molar refractivity (Wildman–Crippen MR) is 68.5 cm³/mol. The molecule has 0 heterocycles. The van der Waals surface area contributed by atoms with Gasteiger partial charge in [-0.15, -0.1) is 0 Å². The van der Waals surface area contributed by atoms with E-state index in [1.165, 1.54) is 26.1 Å². The molecule has 0 aliphatic carbocycles. The van der Waals surface area contributed by atoms with Crippen LogP contribution in [0.4, 0.5) is 11.4 Å². The lowest BCUT2D eigenvalue weighted by molar-refractivity contribution is -0.385. The molecule has 1 atom stereocenters. The van der Waals surface area contributed by atoms with Crippen molar-refractivity contribution >= 4 is 23.2 Å². The average molecular weight is 266 g/mol.